The molecule has 0 saturated carbocycles. The number of nitrogens with zero attached hydrogens (tertiary/aromatic N) is 2. The second kappa shape index (κ2) is 12.0. The van der Waals surface area contributed by atoms with Crippen LogP contribution < -0.4 is 5.32 Å². The zero-order valence-electron chi connectivity index (χ0n) is 21.6. The van der Waals surface area contributed by atoms with E-state index in [0.29, 0.717) is 18.8 Å². The lowest BCUT2D eigenvalue weighted by Crippen LogP contribution is -2.45. The van der Waals surface area contributed by atoms with Gasteiger partial charge in [-0.2, -0.15) is 0 Å². The molecule has 1 aromatic heterocycles. The fraction of sp³-hybridized carbons (Fsp3) is 0.323. The molecule has 5 rings (SSSR count). The molecule has 0 bridgehead atoms. The van der Waals surface area contributed by atoms with Crippen LogP contribution >= 0.6 is 0 Å². The van der Waals surface area contributed by atoms with Gasteiger partial charge in [0, 0.05) is 35.7 Å². The third-order valence-electron chi connectivity index (χ3n) is 6.81. The molecular formula is C31H31F2N3O2. The van der Waals surface area contributed by atoms with Crippen molar-refractivity contribution in [3.05, 3.63) is 95.2 Å². The van der Waals surface area contributed by atoms with Gasteiger partial charge in [0.05, 0.1) is 6.54 Å². The third kappa shape index (κ3) is 7.04. The van der Waals surface area contributed by atoms with Crippen LogP contribution in [-0.2, 0) is 22.4 Å². The largest absolute Gasteiger partial charge is 0.331 e. The van der Waals surface area contributed by atoms with Crippen LogP contribution in [0, 0.1) is 34.8 Å². The lowest BCUT2D eigenvalue weighted by molar-refractivity contribution is -0.143. The van der Waals surface area contributed by atoms with Gasteiger partial charge in [-0.3, -0.25) is 9.59 Å². The molecule has 1 N–H and O–H groups in total. The standard InChI is InChI=1S/C25H27N3O2.C6H4F2/c1-25(2)11-6-14-28(24(25)30)13-5-7-18-9-10-19-16-21(17-20(19)15-18)23(29)27-22-8-3-4-12-26-22;7-5-2-1-3-6(8)4-5/h3-4,8-10,12,15,21H,6,11,13-14,16-17H2,1-2H3,(H,26,27,29);1-4H. The Bertz CT molecular complexity index is 1350. The molecule has 38 heavy (non-hydrogen) atoms. The van der Waals surface area contributed by atoms with Crippen LogP contribution in [0.25, 0.3) is 0 Å². The van der Waals surface area contributed by atoms with E-state index in [2.05, 4.69) is 34.3 Å². The summed E-state index contributed by atoms with van der Waals surface area (Å²) in [7, 11) is 0. The fourth-order valence-electron chi connectivity index (χ4n) is 4.74. The van der Waals surface area contributed by atoms with Gasteiger partial charge in [0.25, 0.3) is 0 Å². The van der Waals surface area contributed by atoms with Gasteiger partial charge in [-0.25, -0.2) is 13.8 Å². The van der Waals surface area contributed by atoms with Gasteiger partial charge in [-0.1, -0.05) is 43.9 Å². The smallest absolute Gasteiger partial charge is 0.229 e. The third-order valence-corrected chi connectivity index (χ3v) is 6.81. The van der Waals surface area contributed by atoms with E-state index in [1.54, 1.807) is 12.3 Å². The summed E-state index contributed by atoms with van der Waals surface area (Å²) in [6.45, 7) is 5.27. The van der Waals surface area contributed by atoms with Crippen LogP contribution in [0.15, 0.2) is 66.9 Å². The molecule has 1 aliphatic carbocycles. The fourth-order valence-corrected chi connectivity index (χ4v) is 4.74. The van der Waals surface area contributed by atoms with Crippen LogP contribution in [0.3, 0.4) is 0 Å². The topological polar surface area (TPSA) is 62.3 Å². The molecule has 0 radical (unpaired) electrons. The summed E-state index contributed by atoms with van der Waals surface area (Å²) in [5, 5.41) is 2.90. The molecule has 7 heteroatoms. The maximum Gasteiger partial charge on any atom is 0.229 e. The van der Waals surface area contributed by atoms with Gasteiger partial charge in [0.2, 0.25) is 11.8 Å². The predicted octanol–water partition coefficient (Wildman–Crippen LogP) is 5.40. The first-order chi connectivity index (χ1) is 18.2. The van der Waals surface area contributed by atoms with Gasteiger partial charge in [0.1, 0.15) is 17.5 Å². The summed E-state index contributed by atoms with van der Waals surface area (Å²) in [5.41, 5.74) is 3.04. The number of carbonyl (C=O) groups is 2. The van der Waals surface area contributed by atoms with Gasteiger partial charge >= 0.3 is 0 Å². The Hall–Kier alpha value is -4.05. The molecule has 2 amide bonds. The number of likely N-dealkylation sites (tertiary alicyclic amines) is 1. The average Bonchev–Trinajstić information content (AvgIpc) is 3.31. The molecule has 2 aliphatic rings. The molecule has 2 heterocycles. The lowest BCUT2D eigenvalue weighted by atomic mass is 9.83. The lowest BCUT2D eigenvalue weighted by Gasteiger charge is -2.36. The van der Waals surface area contributed by atoms with Crippen molar-refractivity contribution >= 4 is 17.6 Å². The Balaban J connectivity index is 0.000000360. The van der Waals surface area contributed by atoms with Crippen molar-refractivity contribution in [2.75, 3.05) is 18.4 Å². The summed E-state index contributed by atoms with van der Waals surface area (Å²) in [4.78, 5) is 31.1. The van der Waals surface area contributed by atoms with E-state index in [1.807, 2.05) is 36.9 Å². The first-order valence-electron chi connectivity index (χ1n) is 12.7. The highest BCUT2D eigenvalue weighted by Crippen LogP contribution is 2.30. The number of aromatic nitrogens is 1. The number of fused-ring (bicyclic) bond motifs is 1. The van der Waals surface area contributed by atoms with Gasteiger partial charge in [-0.05, 0) is 73.2 Å². The number of benzene rings is 2. The van der Waals surface area contributed by atoms with Gasteiger partial charge in [0.15, 0.2) is 0 Å². The maximum atomic E-state index is 12.6. The molecule has 1 aliphatic heterocycles. The van der Waals surface area contributed by atoms with Gasteiger partial charge < -0.3 is 10.2 Å². The van der Waals surface area contributed by atoms with Crippen molar-refractivity contribution in [1.29, 1.82) is 0 Å². The zero-order chi connectivity index (χ0) is 27.1. The molecule has 1 fully saturated rings. The van der Waals surface area contributed by atoms with E-state index in [1.165, 1.54) is 29.3 Å². The van der Waals surface area contributed by atoms with Crippen molar-refractivity contribution in [2.45, 2.75) is 39.5 Å². The first kappa shape index (κ1) is 27.0. The average molecular weight is 516 g/mol. The second-order valence-electron chi connectivity index (χ2n) is 10.2. The van der Waals surface area contributed by atoms with Crippen molar-refractivity contribution < 1.29 is 18.4 Å². The summed E-state index contributed by atoms with van der Waals surface area (Å²) in [6, 6.07) is 16.2. The molecule has 1 saturated heterocycles. The quantitative estimate of drug-likeness (QED) is 0.475. The first-order valence-corrected chi connectivity index (χ1v) is 12.7. The minimum atomic E-state index is -0.537. The van der Waals surface area contributed by atoms with E-state index in [-0.39, 0.29) is 23.1 Å². The number of pyridine rings is 1. The second-order valence-corrected chi connectivity index (χ2v) is 10.2. The molecule has 3 aromatic rings. The highest BCUT2D eigenvalue weighted by molar-refractivity contribution is 5.92. The maximum absolute atomic E-state index is 12.6. The Morgan fingerprint density at radius 1 is 1.05 bits per heavy atom. The predicted molar refractivity (Wildman–Crippen MR) is 143 cm³/mol. The van der Waals surface area contributed by atoms with E-state index in [0.717, 1.165) is 37.4 Å². The molecular weight excluding hydrogens is 484 g/mol. The zero-order valence-corrected chi connectivity index (χ0v) is 21.6. The summed E-state index contributed by atoms with van der Waals surface area (Å²) in [5.74, 6) is 5.99. The molecule has 0 spiro atoms. The number of halogens is 2. The number of carbonyl (C=O) groups excluding carboxylic acids is 2. The van der Waals surface area contributed by atoms with Crippen LogP contribution in [0.4, 0.5) is 14.6 Å². The number of amides is 2. The Morgan fingerprint density at radius 3 is 2.50 bits per heavy atom. The van der Waals surface area contributed by atoms with Crippen molar-refractivity contribution in [2.24, 2.45) is 11.3 Å². The highest BCUT2D eigenvalue weighted by Gasteiger charge is 2.35. The summed E-state index contributed by atoms with van der Waals surface area (Å²) >= 11 is 0. The summed E-state index contributed by atoms with van der Waals surface area (Å²) < 4.78 is 23.9. The number of rotatable bonds is 3. The normalized spacial score (nSPS) is 17.4. The van der Waals surface area contributed by atoms with Gasteiger partial charge in [-0.15, -0.1) is 0 Å². The monoisotopic (exact) mass is 515 g/mol. The van der Waals surface area contributed by atoms with Crippen molar-refractivity contribution in [3.63, 3.8) is 0 Å². The molecule has 2 aromatic carbocycles. The number of piperidine rings is 1. The number of anilines is 1. The molecule has 5 nitrogen and oxygen atoms in total. The van der Waals surface area contributed by atoms with Crippen LogP contribution in [0.2, 0.25) is 0 Å². The van der Waals surface area contributed by atoms with Crippen LogP contribution in [0.1, 0.15) is 43.4 Å². The molecule has 1 unspecified atom stereocenters. The molecule has 196 valence electrons. The Labute approximate surface area is 222 Å². The Morgan fingerprint density at radius 2 is 1.82 bits per heavy atom. The SMILES string of the molecule is CC1(C)CCCN(CC#Cc2ccc3c(c2)CC(C(=O)Nc2ccccn2)C3)C1=O.Fc1cccc(F)c1. The number of hydrogen-bond acceptors (Lipinski definition) is 3. The number of hydrogen-bond donors (Lipinski definition) is 1. The van der Waals surface area contributed by atoms with Crippen molar-refractivity contribution in [3.8, 4) is 11.8 Å². The Kier molecular flexibility index (Phi) is 8.52. The van der Waals surface area contributed by atoms with Crippen LogP contribution in [0.5, 0.6) is 0 Å². The molecule has 1 atom stereocenters. The highest BCUT2D eigenvalue weighted by atomic mass is 19.1. The van der Waals surface area contributed by atoms with Crippen molar-refractivity contribution in [1.82, 2.24) is 9.88 Å². The van der Waals surface area contributed by atoms with E-state index in [4.69, 9.17) is 0 Å². The minimum Gasteiger partial charge on any atom is -0.331 e. The van der Waals surface area contributed by atoms with Crippen LogP contribution in [-0.4, -0.2) is 34.8 Å². The van der Waals surface area contributed by atoms with E-state index < -0.39 is 11.6 Å². The summed E-state index contributed by atoms with van der Waals surface area (Å²) in [6.07, 6.45) is 5.08. The minimum absolute atomic E-state index is 0.00348. The van der Waals surface area contributed by atoms with E-state index >= 15 is 0 Å². The number of nitrogens with one attached hydrogen (secondary N) is 1. The van der Waals surface area contributed by atoms with E-state index in [9.17, 15) is 18.4 Å².